The third-order valence-corrected chi connectivity index (χ3v) is 3.77. The van der Waals surface area contributed by atoms with Crippen LogP contribution in [-0.2, 0) is 4.79 Å². The highest BCUT2D eigenvalue weighted by Gasteiger charge is 2.31. The lowest BCUT2D eigenvalue weighted by Gasteiger charge is -2.40. The fourth-order valence-electron chi connectivity index (χ4n) is 2.69. The van der Waals surface area contributed by atoms with Crippen LogP contribution in [0.3, 0.4) is 0 Å². The summed E-state index contributed by atoms with van der Waals surface area (Å²) in [7, 11) is 0. The lowest BCUT2D eigenvalue weighted by atomic mass is 10.2. The molecule has 1 unspecified atom stereocenters. The molecule has 3 rings (SSSR count). The molecule has 2 aliphatic rings. The molecule has 1 aromatic heterocycles. The average Bonchev–Trinajstić information content (AvgIpc) is 2.46. The van der Waals surface area contributed by atoms with Gasteiger partial charge in [-0.3, -0.25) is 15.0 Å². The summed E-state index contributed by atoms with van der Waals surface area (Å²) in [5, 5.41) is 5.04. The summed E-state index contributed by atoms with van der Waals surface area (Å²) in [6.45, 7) is 5.05. The predicted molar refractivity (Wildman–Crippen MR) is 75.6 cm³/mol. The third-order valence-electron chi connectivity index (χ3n) is 3.77. The number of hydrogen-bond donors (Lipinski definition) is 2. The maximum atomic E-state index is 11.4. The first-order chi connectivity index (χ1) is 10.1. The van der Waals surface area contributed by atoms with Gasteiger partial charge in [0.1, 0.15) is 11.6 Å². The van der Waals surface area contributed by atoms with Gasteiger partial charge < -0.3 is 10.2 Å². The first-order valence-electron chi connectivity index (χ1n) is 7.01. The molecule has 0 radical (unpaired) electrons. The Morgan fingerprint density at radius 2 is 2.00 bits per heavy atom. The van der Waals surface area contributed by atoms with E-state index in [1.807, 2.05) is 13.0 Å². The Hall–Kier alpha value is -2.22. The SMILES string of the molecule is Cc1nccc(N2CCN(C3CC(=O)NC(=O)N3)CC2)n1. The number of carbonyl (C=O) groups excluding carboxylic acids is 2. The molecule has 0 saturated carbocycles. The number of rotatable bonds is 2. The quantitative estimate of drug-likeness (QED) is 0.760. The van der Waals surface area contributed by atoms with E-state index in [2.05, 4.69) is 30.4 Å². The van der Waals surface area contributed by atoms with Gasteiger partial charge in [0.05, 0.1) is 12.6 Å². The second kappa shape index (κ2) is 5.65. The minimum Gasteiger partial charge on any atom is -0.354 e. The van der Waals surface area contributed by atoms with Gasteiger partial charge in [0, 0.05) is 32.4 Å². The zero-order valence-electron chi connectivity index (χ0n) is 11.9. The van der Waals surface area contributed by atoms with Crippen molar-refractivity contribution in [1.29, 1.82) is 0 Å². The van der Waals surface area contributed by atoms with Gasteiger partial charge in [0.15, 0.2) is 0 Å². The van der Waals surface area contributed by atoms with Crippen molar-refractivity contribution < 1.29 is 9.59 Å². The largest absolute Gasteiger partial charge is 0.354 e. The van der Waals surface area contributed by atoms with E-state index < -0.39 is 6.03 Å². The van der Waals surface area contributed by atoms with Crippen LogP contribution in [0.15, 0.2) is 12.3 Å². The van der Waals surface area contributed by atoms with Gasteiger partial charge in [-0.05, 0) is 13.0 Å². The standard InChI is InChI=1S/C13H18N6O2/c1-9-14-3-2-10(15-9)18-4-6-19(7-5-18)11-8-12(20)17-13(21)16-11/h2-3,11H,4-8H2,1H3,(H2,16,17,20,21). The number of nitrogens with one attached hydrogen (secondary N) is 2. The summed E-state index contributed by atoms with van der Waals surface area (Å²) in [4.78, 5) is 35.6. The van der Waals surface area contributed by atoms with E-state index in [0.29, 0.717) is 6.42 Å². The fourth-order valence-corrected chi connectivity index (χ4v) is 2.69. The number of amides is 3. The van der Waals surface area contributed by atoms with Crippen molar-refractivity contribution >= 4 is 17.8 Å². The minimum absolute atomic E-state index is 0.208. The number of urea groups is 1. The lowest BCUT2D eigenvalue weighted by Crippen LogP contribution is -2.62. The Balaban J connectivity index is 1.60. The number of hydrogen-bond acceptors (Lipinski definition) is 6. The number of piperazine rings is 1. The second-order valence-corrected chi connectivity index (χ2v) is 5.23. The van der Waals surface area contributed by atoms with E-state index in [0.717, 1.165) is 37.8 Å². The van der Waals surface area contributed by atoms with Gasteiger partial charge in [-0.15, -0.1) is 0 Å². The van der Waals surface area contributed by atoms with Crippen molar-refractivity contribution in [3.05, 3.63) is 18.1 Å². The Morgan fingerprint density at radius 3 is 2.67 bits per heavy atom. The van der Waals surface area contributed by atoms with Gasteiger partial charge in [-0.25, -0.2) is 14.8 Å². The molecule has 2 aliphatic heterocycles. The molecule has 112 valence electrons. The van der Waals surface area contributed by atoms with Crippen LogP contribution in [-0.4, -0.2) is 59.2 Å². The molecule has 8 nitrogen and oxygen atoms in total. The number of imide groups is 1. The summed E-state index contributed by atoms with van der Waals surface area (Å²) in [5.41, 5.74) is 0. The predicted octanol–water partition coefficient (Wildman–Crippen LogP) is -0.537. The van der Waals surface area contributed by atoms with E-state index in [4.69, 9.17) is 0 Å². The molecule has 3 amide bonds. The Bertz CT molecular complexity index is 539. The molecular weight excluding hydrogens is 272 g/mol. The van der Waals surface area contributed by atoms with Crippen LogP contribution in [0.1, 0.15) is 12.2 Å². The summed E-state index contributed by atoms with van der Waals surface area (Å²) in [5.74, 6) is 1.45. The number of carbonyl (C=O) groups is 2. The third kappa shape index (κ3) is 3.10. The molecule has 2 N–H and O–H groups in total. The number of aromatic nitrogens is 2. The molecule has 1 aromatic rings. The van der Waals surface area contributed by atoms with Crippen molar-refractivity contribution in [2.24, 2.45) is 0 Å². The van der Waals surface area contributed by atoms with Crippen LogP contribution in [0.5, 0.6) is 0 Å². The first kappa shape index (κ1) is 13.7. The second-order valence-electron chi connectivity index (χ2n) is 5.23. The molecular formula is C13H18N6O2. The zero-order valence-corrected chi connectivity index (χ0v) is 11.9. The zero-order chi connectivity index (χ0) is 14.8. The Kier molecular flexibility index (Phi) is 3.70. The minimum atomic E-state index is -0.412. The fraction of sp³-hybridized carbons (Fsp3) is 0.538. The average molecular weight is 290 g/mol. The van der Waals surface area contributed by atoms with Gasteiger partial charge in [-0.1, -0.05) is 0 Å². The molecule has 0 aromatic carbocycles. The van der Waals surface area contributed by atoms with Gasteiger partial charge in [0.25, 0.3) is 0 Å². The van der Waals surface area contributed by atoms with Crippen LogP contribution in [0.2, 0.25) is 0 Å². The molecule has 0 spiro atoms. The summed E-state index contributed by atoms with van der Waals surface area (Å²) in [6, 6.07) is 1.49. The summed E-state index contributed by atoms with van der Waals surface area (Å²) < 4.78 is 0. The highest BCUT2D eigenvalue weighted by atomic mass is 16.2. The van der Waals surface area contributed by atoms with Crippen molar-refractivity contribution in [1.82, 2.24) is 25.5 Å². The van der Waals surface area contributed by atoms with E-state index in [1.54, 1.807) is 6.20 Å². The summed E-state index contributed by atoms with van der Waals surface area (Å²) >= 11 is 0. The normalized spacial score (nSPS) is 23.7. The number of anilines is 1. The van der Waals surface area contributed by atoms with Crippen LogP contribution in [0.4, 0.5) is 10.6 Å². The summed E-state index contributed by atoms with van der Waals surface area (Å²) in [6.07, 6.45) is 1.86. The van der Waals surface area contributed by atoms with Crippen molar-refractivity contribution in [2.45, 2.75) is 19.5 Å². The maximum Gasteiger partial charge on any atom is 0.322 e. The molecule has 21 heavy (non-hydrogen) atoms. The van der Waals surface area contributed by atoms with Crippen molar-refractivity contribution in [2.75, 3.05) is 31.1 Å². The molecule has 2 fully saturated rings. The van der Waals surface area contributed by atoms with Gasteiger partial charge in [-0.2, -0.15) is 0 Å². The lowest BCUT2D eigenvalue weighted by molar-refractivity contribution is -0.122. The van der Waals surface area contributed by atoms with Crippen LogP contribution >= 0.6 is 0 Å². The van der Waals surface area contributed by atoms with E-state index in [9.17, 15) is 9.59 Å². The Morgan fingerprint density at radius 1 is 1.24 bits per heavy atom. The molecule has 2 saturated heterocycles. The highest BCUT2D eigenvalue weighted by molar-refractivity contribution is 5.97. The van der Waals surface area contributed by atoms with E-state index >= 15 is 0 Å². The molecule has 1 atom stereocenters. The number of nitrogens with zero attached hydrogens (tertiary/aromatic N) is 4. The molecule has 0 bridgehead atoms. The van der Waals surface area contributed by atoms with Crippen LogP contribution < -0.4 is 15.5 Å². The van der Waals surface area contributed by atoms with E-state index in [-0.39, 0.29) is 12.1 Å². The van der Waals surface area contributed by atoms with Crippen molar-refractivity contribution in [3.63, 3.8) is 0 Å². The molecule has 0 aliphatic carbocycles. The molecule has 8 heteroatoms. The Labute approximate surface area is 122 Å². The number of aryl methyl sites for hydroxylation is 1. The maximum absolute atomic E-state index is 11.4. The monoisotopic (exact) mass is 290 g/mol. The van der Waals surface area contributed by atoms with Crippen LogP contribution in [0, 0.1) is 6.92 Å². The van der Waals surface area contributed by atoms with E-state index in [1.165, 1.54) is 0 Å². The first-order valence-corrected chi connectivity index (χ1v) is 7.01. The van der Waals surface area contributed by atoms with Gasteiger partial charge >= 0.3 is 6.03 Å². The highest BCUT2D eigenvalue weighted by Crippen LogP contribution is 2.15. The smallest absolute Gasteiger partial charge is 0.322 e. The van der Waals surface area contributed by atoms with Gasteiger partial charge in [0.2, 0.25) is 5.91 Å². The van der Waals surface area contributed by atoms with Crippen molar-refractivity contribution in [3.8, 4) is 0 Å². The molecule has 3 heterocycles. The van der Waals surface area contributed by atoms with Crippen LogP contribution in [0.25, 0.3) is 0 Å². The topological polar surface area (TPSA) is 90.5 Å².